The van der Waals surface area contributed by atoms with Crippen molar-refractivity contribution in [2.24, 2.45) is 0 Å². The van der Waals surface area contributed by atoms with Crippen LogP contribution >= 0.6 is 0 Å². The molecule has 0 saturated carbocycles. The lowest BCUT2D eigenvalue weighted by Crippen LogP contribution is -2.42. The second-order valence-corrected chi connectivity index (χ2v) is 8.18. The summed E-state index contributed by atoms with van der Waals surface area (Å²) in [5.74, 6) is 10.9. The molecule has 2 rings (SSSR count). The van der Waals surface area contributed by atoms with Crippen LogP contribution in [-0.2, 0) is 21.4 Å². The Hall–Kier alpha value is -2.61. The Morgan fingerprint density at radius 1 is 1.07 bits per heavy atom. The predicted octanol–water partition coefficient (Wildman–Crippen LogP) is 2.59. The van der Waals surface area contributed by atoms with Crippen LogP contribution in [0.5, 0.6) is 0 Å². The van der Waals surface area contributed by atoms with E-state index in [1.807, 2.05) is 37.3 Å². The van der Waals surface area contributed by atoms with Crippen molar-refractivity contribution in [3.05, 3.63) is 65.7 Å². The maximum absolute atomic E-state index is 13.3. The van der Waals surface area contributed by atoms with Crippen molar-refractivity contribution in [1.29, 1.82) is 0 Å². The molecular formula is C23H25NO4S. The Balaban J connectivity index is 2.29. The van der Waals surface area contributed by atoms with Gasteiger partial charge in [0.2, 0.25) is 10.0 Å². The summed E-state index contributed by atoms with van der Waals surface area (Å²) in [4.78, 5) is 0.167. The van der Waals surface area contributed by atoms with Crippen LogP contribution in [0.1, 0.15) is 18.1 Å². The van der Waals surface area contributed by atoms with Crippen molar-refractivity contribution in [1.82, 2.24) is 4.31 Å². The molecule has 0 spiro atoms. The second-order valence-electron chi connectivity index (χ2n) is 6.29. The third-order valence-corrected chi connectivity index (χ3v) is 5.99. The van der Waals surface area contributed by atoms with E-state index in [1.165, 1.54) is 4.31 Å². The number of benzene rings is 2. The molecule has 0 saturated heterocycles. The van der Waals surface area contributed by atoms with Crippen molar-refractivity contribution in [2.45, 2.75) is 31.4 Å². The van der Waals surface area contributed by atoms with E-state index in [9.17, 15) is 8.42 Å². The highest BCUT2D eigenvalue weighted by Gasteiger charge is 2.30. The largest absolute Gasteiger partial charge is 0.384 e. The Morgan fingerprint density at radius 3 is 2.38 bits per heavy atom. The third-order valence-electron chi connectivity index (χ3n) is 4.12. The minimum Gasteiger partial charge on any atom is -0.384 e. The topological polar surface area (TPSA) is 66.8 Å². The molecule has 5 nitrogen and oxygen atoms in total. The number of aliphatic hydroxyl groups excluding tert-OH is 1. The molecule has 0 aliphatic heterocycles. The summed E-state index contributed by atoms with van der Waals surface area (Å²) in [6.07, 6.45) is 0. The van der Waals surface area contributed by atoms with E-state index in [1.54, 1.807) is 31.2 Å². The number of ether oxygens (including phenoxy) is 1. The number of sulfonamides is 1. The summed E-state index contributed by atoms with van der Waals surface area (Å²) in [5.41, 5.74) is 1.94. The van der Waals surface area contributed by atoms with Gasteiger partial charge in [-0.25, -0.2) is 8.42 Å². The first-order chi connectivity index (χ1) is 14.0. The molecule has 1 atom stereocenters. The van der Waals surface area contributed by atoms with E-state index < -0.39 is 16.1 Å². The second kappa shape index (κ2) is 11.4. The van der Waals surface area contributed by atoms with Gasteiger partial charge in [0.25, 0.3) is 0 Å². The molecule has 0 heterocycles. The highest BCUT2D eigenvalue weighted by Crippen LogP contribution is 2.19. The zero-order valence-electron chi connectivity index (χ0n) is 16.6. The van der Waals surface area contributed by atoms with Gasteiger partial charge in [0.05, 0.1) is 24.7 Å². The van der Waals surface area contributed by atoms with Crippen LogP contribution in [-0.4, -0.2) is 43.6 Å². The number of rotatable bonds is 8. The highest BCUT2D eigenvalue weighted by atomic mass is 32.2. The fourth-order valence-electron chi connectivity index (χ4n) is 2.59. The Labute approximate surface area is 173 Å². The number of hydrogen-bond donors (Lipinski definition) is 1. The van der Waals surface area contributed by atoms with Gasteiger partial charge in [0.1, 0.15) is 12.6 Å². The molecule has 29 heavy (non-hydrogen) atoms. The molecular weight excluding hydrogens is 386 g/mol. The van der Waals surface area contributed by atoms with E-state index in [2.05, 4.69) is 23.7 Å². The molecule has 2 aromatic carbocycles. The third kappa shape index (κ3) is 6.74. The Kier molecular flexibility index (Phi) is 8.92. The van der Waals surface area contributed by atoms with Gasteiger partial charge in [-0.05, 0) is 31.5 Å². The molecule has 0 aliphatic carbocycles. The van der Waals surface area contributed by atoms with Crippen molar-refractivity contribution in [3.8, 4) is 23.7 Å². The minimum atomic E-state index is -3.85. The smallest absolute Gasteiger partial charge is 0.245 e. The van der Waals surface area contributed by atoms with Crippen LogP contribution in [0.3, 0.4) is 0 Å². The maximum Gasteiger partial charge on any atom is 0.245 e. The fraction of sp³-hybridized carbons (Fsp3) is 0.304. The van der Waals surface area contributed by atoms with E-state index in [-0.39, 0.29) is 24.7 Å². The molecule has 1 unspecified atom stereocenters. The molecule has 2 aromatic rings. The van der Waals surface area contributed by atoms with E-state index >= 15 is 0 Å². The monoisotopic (exact) mass is 411 g/mol. The minimum absolute atomic E-state index is 0.0216. The standard InChI is InChI=1S/C23H25NO4S/c1-3-4-16-24(29(26,27)23-14-12-20(2)13-15-23)22(11-8-17-25)19-28-18-21-9-6-5-7-10-21/h5-7,9-10,12-15,22,25H,16-19H2,1-2H3. The lowest BCUT2D eigenvalue weighted by atomic mass is 10.2. The Morgan fingerprint density at radius 2 is 1.76 bits per heavy atom. The van der Waals surface area contributed by atoms with Crippen molar-refractivity contribution >= 4 is 10.0 Å². The lowest BCUT2D eigenvalue weighted by Gasteiger charge is -2.26. The van der Waals surface area contributed by atoms with Gasteiger partial charge in [-0.2, -0.15) is 4.31 Å². The highest BCUT2D eigenvalue weighted by molar-refractivity contribution is 7.89. The summed E-state index contributed by atoms with van der Waals surface area (Å²) in [5, 5.41) is 9.12. The fourth-order valence-corrected chi connectivity index (χ4v) is 4.02. The summed E-state index contributed by atoms with van der Waals surface area (Å²) in [7, 11) is -3.85. The summed E-state index contributed by atoms with van der Waals surface area (Å²) in [6.45, 7) is 3.54. The maximum atomic E-state index is 13.3. The SMILES string of the molecule is CC#CCN(C(C#CCO)COCc1ccccc1)S(=O)(=O)c1ccc(C)cc1. The van der Waals surface area contributed by atoms with Crippen LogP contribution in [0.2, 0.25) is 0 Å². The molecule has 0 aliphatic rings. The molecule has 152 valence electrons. The van der Waals surface area contributed by atoms with Gasteiger partial charge in [0, 0.05) is 0 Å². The molecule has 0 radical (unpaired) electrons. The average molecular weight is 412 g/mol. The first-order valence-corrected chi connectivity index (χ1v) is 10.6. The Bertz CT molecular complexity index is 994. The van der Waals surface area contributed by atoms with Crippen LogP contribution < -0.4 is 0 Å². The summed E-state index contributed by atoms with van der Waals surface area (Å²) >= 11 is 0. The van der Waals surface area contributed by atoms with Crippen molar-refractivity contribution in [3.63, 3.8) is 0 Å². The van der Waals surface area contributed by atoms with Crippen LogP contribution in [0.25, 0.3) is 0 Å². The lowest BCUT2D eigenvalue weighted by molar-refractivity contribution is 0.0956. The quantitative estimate of drug-likeness (QED) is 0.678. The summed E-state index contributed by atoms with van der Waals surface area (Å²) < 4.78 is 33.5. The number of aryl methyl sites for hydroxylation is 1. The molecule has 0 fully saturated rings. The molecule has 0 bridgehead atoms. The van der Waals surface area contributed by atoms with Gasteiger partial charge in [-0.1, -0.05) is 65.8 Å². The predicted molar refractivity (Wildman–Crippen MR) is 113 cm³/mol. The molecule has 1 N–H and O–H groups in total. The summed E-state index contributed by atoms with van der Waals surface area (Å²) in [6, 6.07) is 15.4. The van der Waals surface area contributed by atoms with Crippen molar-refractivity contribution < 1.29 is 18.3 Å². The molecule has 6 heteroatoms. The van der Waals surface area contributed by atoms with Crippen LogP contribution in [0.4, 0.5) is 0 Å². The van der Waals surface area contributed by atoms with Gasteiger partial charge in [-0.3, -0.25) is 0 Å². The van der Waals surface area contributed by atoms with Crippen molar-refractivity contribution in [2.75, 3.05) is 19.8 Å². The van der Waals surface area contributed by atoms with Gasteiger partial charge in [-0.15, -0.1) is 5.92 Å². The zero-order valence-corrected chi connectivity index (χ0v) is 17.4. The average Bonchev–Trinajstić information content (AvgIpc) is 2.72. The first kappa shape index (κ1) is 22.7. The van der Waals surface area contributed by atoms with E-state index in [0.717, 1.165) is 11.1 Å². The molecule has 0 aromatic heterocycles. The van der Waals surface area contributed by atoms with Gasteiger partial charge < -0.3 is 9.84 Å². The van der Waals surface area contributed by atoms with E-state index in [0.29, 0.717) is 6.61 Å². The number of aliphatic hydroxyl groups is 1. The van der Waals surface area contributed by atoms with E-state index in [4.69, 9.17) is 9.84 Å². The van der Waals surface area contributed by atoms with Gasteiger partial charge >= 0.3 is 0 Å². The van der Waals surface area contributed by atoms with Crippen LogP contribution in [0, 0.1) is 30.6 Å². The number of hydrogen-bond acceptors (Lipinski definition) is 4. The number of nitrogens with zero attached hydrogens (tertiary/aromatic N) is 1. The molecule has 0 amide bonds. The zero-order chi connectivity index (χ0) is 21.1. The van der Waals surface area contributed by atoms with Crippen LogP contribution in [0.15, 0.2) is 59.5 Å². The van der Waals surface area contributed by atoms with Gasteiger partial charge in [0.15, 0.2) is 0 Å². The normalized spacial score (nSPS) is 11.9. The first-order valence-electron chi connectivity index (χ1n) is 9.18.